The van der Waals surface area contributed by atoms with E-state index in [1.807, 2.05) is 0 Å². The predicted octanol–water partition coefficient (Wildman–Crippen LogP) is 2.54. The second kappa shape index (κ2) is 9.62. The minimum absolute atomic E-state index is 0.103. The van der Waals surface area contributed by atoms with Crippen LogP contribution in [0.3, 0.4) is 0 Å². The summed E-state index contributed by atoms with van der Waals surface area (Å²) in [6, 6.07) is 0. The molecule has 0 saturated carbocycles. The summed E-state index contributed by atoms with van der Waals surface area (Å²) >= 11 is 2.85. The lowest BCUT2D eigenvalue weighted by Crippen LogP contribution is -1.78. The van der Waals surface area contributed by atoms with E-state index in [1.165, 1.54) is 25.9 Å². The van der Waals surface area contributed by atoms with E-state index in [1.54, 1.807) is 0 Å². The number of ketones is 1. The van der Waals surface area contributed by atoms with Crippen LogP contribution in [0.2, 0.25) is 6.82 Å². The molecule has 0 aromatic heterocycles. The largest absolute Gasteiger partial charge is 0.295 e. The summed E-state index contributed by atoms with van der Waals surface area (Å²) in [4.78, 5) is 10.2. The van der Waals surface area contributed by atoms with E-state index in [0.717, 1.165) is 0 Å². The van der Waals surface area contributed by atoms with Gasteiger partial charge in [0.05, 0.1) is 7.85 Å². The molecule has 11 heavy (non-hydrogen) atoms. The molecule has 2 radical (unpaired) electrons. The maximum atomic E-state index is 11.5. The van der Waals surface area contributed by atoms with Crippen LogP contribution in [0.1, 0.15) is 6.92 Å². The smallest absolute Gasteiger partial charge is 0.152 e. The molecule has 0 amide bonds. The van der Waals surface area contributed by atoms with Gasteiger partial charge in [-0.15, -0.1) is 0 Å². The first-order valence-electron chi connectivity index (χ1n) is 2.89. The fraction of sp³-hybridized carbons (Fsp3) is 0.286. The van der Waals surface area contributed by atoms with Crippen LogP contribution in [0.15, 0.2) is 23.0 Å². The van der Waals surface area contributed by atoms with E-state index in [4.69, 9.17) is 0 Å². The number of hydrogen-bond donors (Lipinski definition) is 0. The van der Waals surface area contributed by atoms with Crippen LogP contribution in [-0.2, 0) is 4.79 Å². The van der Waals surface area contributed by atoms with Crippen LogP contribution in [0.4, 0.5) is 4.39 Å². The lowest BCUT2D eigenvalue weighted by molar-refractivity contribution is -0.112. The first kappa shape index (κ1) is 13.2. The van der Waals surface area contributed by atoms with E-state index in [-0.39, 0.29) is 10.3 Å². The van der Waals surface area contributed by atoms with Gasteiger partial charge in [-0.05, 0) is 35.0 Å². The van der Waals surface area contributed by atoms with Gasteiger partial charge in [0.15, 0.2) is 5.78 Å². The molecule has 1 nitrogen and oxygen atoms in total. The third-order valence-electron chi connectivity index (χ3n) is 0.581. The zero-order valence-electron chi connectivity index (χ0n) is 6.47. The second-order valence-corrected chi connectivity index (χ2v) is 2.35. The average Bonchev–Trinajstić information content (AvgIpc) is 2.04. The van der Waals surface area contributed by atoms with E-state index in [2.05, 4.69) is 23.8 Å². The molecule has 0 rings (SSSR count). The topological polar surface area (TPSA) is 17.1 Å². The summed E-state index contributed by atoms with van der Waals surface area (Å²) < 4.78 is 11.7. The summed E-state index contributed by atoms with van der Waals surface area (Å²) in [6.45, 7) is 2.90. The number of carbonyl (C=O) groups is 1. The van der Waals surface area contributed by atoms with E-state index in [9.17, 15) is 9.18 Å². The van der Waals surface area contributed by atoms with Crippen molar-refractivity contribution < 1.29 is 9.18 Å². The molecule has 0 unspecified atom stereocenters. The van der Waals surface area contributed by atoms with Crippen molar-refractivity contribution in [1.29, 1.82) is 0 Å². The van der Waals surface area contributed by atoms with Gasteiger partial charge in [-0.2, -0.15) is 0 Å². The number of rotatable bonds is 2. The van der Waals surface area contributed by atoms with Gasteiger partial charge < -0.3 is 0 Å². The minimum atomic E-state index is -0.103. The first-order chi connectivity index (χ1) is 5.16. The van der Waals surface area contributed by atoms with Gasteiger partial charge >= 0.3 is 0 Å². The van der Waals surface area contributed by atoms with E-state index >= 15 is 0 Å². The van der Waals surface area contributed by atoms with E-state index in [0.29, 0.717) is 6.33 Å². The maximum absolute atomic E-state index is 11.5. The van der Waals surface area contributed by atoms with Crippen molar-refractivity contribution in [3.63, 3.8) is 0 Å². The molecule has 60 valence electrons. The SMILES string of the molecule is CC(=O)/C=C/C(Br)=C/F.[B]C. The Labute approximate surface area is 75.9 Å². The van der Waals surface area contributed by atoms with Crippen LogP contribution in [0.5, 0.6) is 0 Å². The monoisotopic (exact) mass is 218 g/mol. The van der Waals surface area contributed by atoms with Crippen LogP contribution < -0.4 is 0 Å². The van der Waals surface area contributed by atoms with Crippen molar-refractivity contribution in [2.45, 2.75) is 13.7 Å². The van der Waals surface area contributed by atoms with Crippen LogP contribution >= 0.6 is 15.9 Å². The molecule has 0 aliphatic heterocycles. The Morgan fingerprint density at radius 3 is 2.18 bits per heavy atom. The average molecular weight is 219 g/mol. The molecule has 0 heterocycles. The highest BCUT2D eigenvalue weighted by Gasteiger charge is 1.83. The highest BCUT2D eigenvalue weighted by atomic mass is 79.9. The standard InChI is InChI=1S/C6H6BrFO.CH3B/c1-5(9)2-3-6(7)4-8;1-2/h2-4H,1H3;1H3/b3-2+,6-4-;. The summed E-state index contributed by atoms with van der Waals surface area (Å²) in [5.74, 6) is -0.103. The Hall–Kier alpha value is -0.375. The van der Waals surface area contributed by atoms with Crippen LogP contribution in [-0.4, -0.2) is 13.6 Å². The molecule has 0 aliphatic rings. The number of halogens is 2. The fourth-order valence-corrected chi connectivity index (χ4v) is 0.365. The molecule has 0 fully saturated rings. The van der Waals surface area contributed by atoms with Gasteiger partial charge in [0.1, 0.15) is 6.33 Å². The molecule has 0 N–H and O–H groups in total. The van der Waals surface area contributed by atoms with Gasteiger partial charge in [0, 0.05) is 4.48 Å². The Morgan fingerprint density at radius 1 is 1.45 bits per heavy atom. The predicted molar refractivity (Wildman–Crippen MR) is 49.6 cm³/mol. The summed E-state index contributed by atoms with van der Waals surface area (Å²) in [5.41, 5.74) is 0. The van der Waals surface area contributed by atoms with Crippen molar-refractivity contribution in [3.8, 4) is 0 Å². The van der Waals surface area contributed by atoms with Crippen molar-refractivity contribution >= 4 is 29.6 Å². The molecule has 0 atom stereocenters. The lowest BCUT2D eigenvalue weighted by atomic mass is 10.2. The van der Waals surface area contributed by atoms with E-state index < -0.39 is 0 Å². The zero-order chi connectivity index (χ0) is 9.28. The van der Waals surface area contributed by atoms with Gasteiger partial charge in [0.25, 0.3) is 0 Å². The first-order valence-corrected chi connectivity index (χ1v) is 3.68. The normalized spacial score (nSPS) is 10.7. The molecule has 4 heteroatoms. The van der Waals surface area contributed by atoms with Gasteiger partial charge in [0.2, 0.25) is 0 Å². The third kappa shape index (κ3) is 12.7. The Balaban J connectivity index is 0. The number of hydrogen-bond acceptors (Lipinski definition) is 1. The third-order valence-corrected chi connectivity index (χ3v) is 1.02. The maximum Gasteiger partial charge on any atom is 0.152 e. The Morgan fingerprint density at radius 2 is 1.91 bits per heavy atom. The molecule has 0 aliphatic carbocycles. The summed E-state index contributed by atoms with van der Waals surface area (Å²) in [7, 11) is 4.50. The zero-order valence-corrected chi connectivity index (χ0v) is 8.06. The van der Waals surface area contributed by atoms with Crippen molar-refractivity contribution in [3.05, 3.63) is 23.0 Å². The number of allylic oxidation sites excluding steroid dienone is 3. The van der Waals surface area contributed by atoms with Gasteiger partial charge in [-0.25, -0.2) is 4.39 Å². The van der Waals surface area contributed by atoms with Gasteiger partial charge in [-0.1, -0.05) is 6.82 Å². The lowest BCUT2D eigenvalue weighted by Gasteiger charge is -1.79. The quantitative estimate of drug-likeness (QED) is 0.396. The molecular formula is C7H9BBrFO. The molecule has 0 saturated heterocycles. The molecule has 0 aromatic rings. The van der Waals surface area contributed by atoms with Crippen molar-refractivity contribution in [1.82, 2.24) is 0 Å². The summed E-state index contributed by atoms with van der Waals surface area (Å²) in [5, 5.41) is 0. The van der Waals surface area contributed by atoms with Crippen LogP contribution in [0, 0.1) is 0 Å². The molecular weight excluding hydrogens is 210 g/mol. The summed E-state index contributed by atoms with van der Waals surface area (Å²) in [6.07, 6.45) is 3.00. The minimum Gasteiger partial charge on any atom is -0.295 e. The second-order valence-electron chi connectivity index (χ2n) is 1.44. The van der Waals surface area contributed by atoms with Crippen LogP contribution in [0.25, 0.3) is 0 Å². The highest BCUT2D eigenvalue weighted by Crippen LogP contribution is 2.05. The molecule has 0 spiro atoms. The van der Waals surface area contributed by atoms with Gasteiger partial charge in [-0.3, -0.25) is 4.79 Å². The Bertz CT molecular complexity index is 166. The van der Waals surface area contributed by atoms with Crippen molar-refractivity contribution in [2.75, 3.05) is 0 Å². The molecule has 0 aromatic carbocycles. The molecule has 0 bridgehead atoms. The number of carbonyl (C=O) groups excluding carboxylic acids is 1. The van der Waals surface area contributed by atoms with Crippen molar-refractivity contribution in [2.24, 2.45) is 0 Å². The highest BCUT2D eigenvalue weighted by molar-refractivity contribution is 9.11. The fourth-order valence-electron chi connectivity index (χ4n) is 0.233. The Kier molecular flexibility index (Phi) is 11.6.